The number of para-hydroxylation sites is 1. The van der Waals surface area contributed by atoms with Crippen molar-refractivity contribution in [3.63, 3.8) is 0 Å². The van der Waals surface area contributed by atoms with Crippen LogP contribution >= 0.6 is 0 Å². The summed E-state index contributed by atoms with van der Waals surface area (Å²) in [6.07, 6.45) is 15.6. The summed E-state index contributed by atoms with van der Waals surface area (Å²) >= 11 is 0. The highest BCUT2D eigenvalue weighted by molar-refractivity contribution is 5.93. The van der Waals surface area contributed by atoms with Crippen molar-refractivity contribution in [2.24, 2.45) is 22.7 Å². The highest BCUT2D eigenvalue weighted by Gasteiger charge is 2.56. The molecule has 14 nitrogen and oxygen atoms in total. The summed E-state index contributed by atoms with van der Waals surface area (Å²) in [7, 11) is 0. The summed E-state index contributed by atoms with van der Waals surface area (Å²) in [6.45, 7) is 13.2. The Labute approximate surface area is 400 Å². The molecule has 4 aliphatic heterocycles. The van der Waals surface area contributed by atoms with E-state index in [0.29, 0.717) is 36.4 Å². The molecule has 10 rings (SSSR count). The number of terminal acetylenes is 1. The lowest BCUT2D eigenvalue weighted by atomic mass is 9.60. The number of likely N-dealkylation sites (tertiary alicyclic amines) is 3. The van der Waals surface area contributed by atoms with Crippen LogP contribution in [0.25, 0.3) is 22.3 Å². The summed E-state index contributed by atoms with van der Waals surface area (Å²) < 4.78 is 0. The van der Waals surface area contributed by atoms with E-state index in [1.807, 2.05) is 68.1 Å². The summed E-state index contributed by atoms with van der Waals surface area (Å²) in [4.78, 5) is 53.6. The van der Waals surface area contributed by atoms with Crippen LogP contribution in [0.15, 0.2) is 54.6 Å². The Morgan fingerprint density at radius 2 is 1.65 bits per heavy atom. The number of hydrogen-bond donors (Lipinski definition) is 5. The number of aromatic hydroxyl groups is 1. The van der Waals surface area contributed by atoms with Crippen molar-refractivity contribution in [2.45, 2.75) is 135 Å². The molecule has 6 heterocycles. The summed E-state index contributed by atoms with van der Waals surface area (Å²) in [5.74, 6) is 3.70. The molecule has 6 aliphatic rings. The number of β-amino-alcohol motifs (C(OH)–C–C–N with tert-alkyl or cyclic N) is 1. The molecular weight excluding hydrogens is 855 g/mol. The van der Waals surface area contributed by atoms with Gasteiger partial charge < -0.3 is 40.5 Å². The number of aromatic nitrogens is 3. The number of fused-ring (bicyclic) bond motifs is 3. The molecule has 2 aromatic heterocycles. The fourth-order valence-corrected chi connectivity index (χ4v) is 13.0. The third kappa shape index (κ3) is 8.98. The number of carbonyl (C=O) groups is 3. The van der Waals surface area contributed by atoms with Crippen molar-refractivity contribution < 1.29 is 24.6 Å². The van der Waals surface area contributed by atoms with Gasteiger partial charge in [0, 0.05) is 91.3 Å². The molecule has 0 radical (unpaired) electrons. The molecule has 360 valence electrons. The van der Waals surface area contributed by atoms with Crippen LogP contribution in [0.2, 0.25) is 0 Å². The number of nitrogens with one attached hydrogen (secondary N) is 3. The minimum absolute atomic E-state index is 0.0389. The Bertz CT molecular complexity index is 2550. The molecule has 4 aromatic rings. The van der Waals surface area contributed by atoms with E-state index in [2.05, 4.69) is 54.5 Å². The van der Waals surface area contributed by atoms with E-state index in [1.54, 1.807) is 6.07 Å². The van der Waals surface area contributed by atoms with Crippen LogP contribution in [-0.4, -0.2) is 132 Å². The molecule has 2 aromatic carbocycles. The lowest BCUT2D eigenvalue weighted by Gasteiger charge is -2.61. The number of nitrogens with zero attached hydrogens (tertiary/aromatic N) is 6. The Kier molecular flexibility index (Phi) is 12.5. The van der Waals surface area contributed by atoms with Gasteiger partial charge in [0.25, 0.3) is 0 Å². The van der Waals surface area contributed by atoms with Crippen LogP contribution in [0.5, 0.6) is 5.75 Å². The molecule has 4 atom stereocenters. The molecule has 5 fully saturated rings. The zero-order valence-electron chi connectivity index (χ0n) is 40.2. The number of carbonyl (C=O) groups excluding carboxylic acids is 3. The maximum Gasteiger partial charge on any atom is 0.318 e. The van der Waals surface area contributed by atoms with Gasteiger partial charge in [0.1, 0.15) is 17.8 Å². The number of H-pyrrole nitrogens is 1. The number of aromatic amines is 1. The van der Waals surface area contributed by atoms with Crippen LogP contribution in [0.3, 0.4) is 0 Å². The number of piperidine rings is 1. The summed E-state index contributed by atoms with van der Waals surface area (Å²) in [6, 6.07) is 16.3. The predicted octanol–water partition coefficient (Wildman–Crippen LogP) is 6.37. The number of rotatable bonds is 9. The maximum absolute atomic E-state index is 14.2. The van der Waals surface area contributed by atoms with Gasteiger partial charge in [0.05, 0.1) is 11.8 Å². The number of benzene rings is 2. The van der Waals surface area contributed by atoms with Crippen molar-refractivity contribution in [2.75, 3.05) is 39.3 Å². The standard InChI is InChI=1S/C54H69N9O5/c1-6-34-11-13-35(14-12-34)29-55-50(66)45-25-40(64)30-63(45)51(67)48(53(3,4)5)57-52(68)61-31-54(32-61)27-39(28-54)60-22-19-37(20-23-60)36-15-17-38(18-16-36)62-24-21-43-47(33(62)2)42-26-44(58-59-49(42)56-43)41-9-7-8-10-46(41)65/h1,7-14,26,33,36-40,45,48,64-65H,15-25,27-32H2,2-5H3,(H,55,66)(H,56,59)(H,57,68)/t33-,36-,38+,40-,45+,48-/m1/s1. The first-order chi connectivity index (χ1) is 32.7. The highest BCUT2D eigenvalue weighted by atomic mass is 16.3. The third-order valence-electron chi connectivity index (χ3n) is 16.9. The molecule has 2 saturated carbocycles. The first-order valence-corrected chi connectivity index (χ1v) is 25.2. The third-order valence-corrected chi connectivity index (χ3v) is 16.9. The second-order valence-electron chi connectivity index (χ2n) is 22.3. The lowest BCUT2D eigenvalue weighted by molar-refractivity contribution is -0.142. The average Bonchev–Trinajstić information content (AvgIpc) is 3.90. The average molecular weight is 924 g/mol. The lowest BCUT2D eigenvalue weighted by Crippen LogP contribution is -2.70. The van der Waals surface area contributed by atoms with E-state index in [4.69, 9.17) is 6.42 Å². The number of urea groups is 1. The van der Waals surface area contributed by atoms with Gasteiger partial charge in [0.2, 0.25) is 11.8 Å². The second-order valence-corrected chi connectivity index (χ2v) is 22.3. The van der Waals surface area contributed by atoms with E-state index < -0.39 is 23.6 Å². The molecule has 5 N–H and O–H groups in total. The molecule has 1 spiro atoms. The summed E-state index contributed by atoms with van der Waals surface area (Å²) in [5, 5.41) is 37.2. The Morgan fingerprint density at radius 3 is 2.34 bits per heavy atom. The Hall–Kier alpha value is -5.49. The van der Waals surface area contributed by atoms with Gasteiger partial charge in [-0.2, -0.15) is 0 Å². The van der Waals surface area contributed by atoms with Gasteiger partial charge >= 0.3 is 6.03 Å². The number of phenols is 1. The van der Waals surface area contributed by atoms with E-state index in [1.165, 1.54) is 54.7 Å². The van der Waals surface area contributed by atoms with Crippen molar-refractivity contribution in [1.29, 1.82) is 0 Å². The van der Waals surface area contributed by atoms with E-state index in [0.717, 1.165) is 72.9 Å². The molecule has 2 aliphatic carbocycles. The van der Waals surface area contributed by atoms with E-state index in [-0.39, 0.29) is 54.6 Å². The van der Waals surface area contributed by atoms with Crippen LogP contribution in [0.1, 0.15) is 114 Å². The first-order valence-electron chi connectivity index (χ1n) is 25.2. The van der Waals surface area contributed by atoms with Gasteiger partial charge in [-0.15, -0.1) is 16.6 Å². The number of phenolic OH excluding ortho intramolecular Hbond substituents is 1. The number of aliphatic hydroxyl groups excluding tert-OH is 1. The molecule has 4 amide bonds. The Morgan fingerprint density at radius 1 is 0.941 bits per heavy atom. The van der Waals surface area contributed by atoms with Crippen LogP contribution in [-0.2, 0) is 22.6 Å². The number of hydrogen-bond acceptors (Lipinski definition) is 9. The molecular formula is C54H69N9O5. The monoisotopic (exact) mass is 924 g/mol. The largest absolute Gasteiger partial charge is 0.507 e. The molecule has 68 heavy (non-hydrogen) atoms. The SMILES string of the molecule is C#Cc1ccc(CNC(=O)[C@@H]2C[C@@H](O)CN2C(=O)[C@@H](NC(=O)N2CC3(CC(N4CCC([C@H]5CC[C@@H](N6CCc7[nH]c8nnc(-c9ccccc9O)cc8c7[C@H]6C)CC5)CC4)C3)C2)C(C)(C)C)cc1. The topological polar surface area (TPSA) is 170 Å². The van der Waals surface area contributed by atoms with Crippen molar-refractivity contribution in [3.8, 4) is 29.4 Å². The van der Waals surface area contributed by atoms with Gasteiger partial charge in [-0.3, -0.25) is 14.5 Å². The van der Waals surface area contributed by atoms with Crippen LogP contribution in [0, 0.1) is 35.0 Å². The second kappa shape index (κ2) is 18.4. The van der Waals surface area contributed by atoms with Crippen LogP contribution < -0.4 is 10.6 Å². The molecule has 14 heteroatoms. The van der Waals surface area contributed by atoms with E-state index in [9.17, 15) is 24.6 Å². The maximum atomic E-state index is 14.2. The van der Waals surface area contributed by atoms with Gasteiger partial charge in [-0.1, -0.05) is 51.0 Å². The highest BCUT2D eigenvalue weighted by Crippen LogP contribution is 2.51. The minimum atomic E-state index is -0.863. The minimum Gasteiger partial charge on any atom is -0.507 e. The quantitative estimate of drug-likeness (QED) is 0.120. The first kappa shape index (κ1) is 46.2. The number of amides is 4. The van der Waals surface area contributed by atoms with Crippen molar-refractivity contribution >= 4 is 28.9 Å². The molecule has 0 unspecified atom stereocenters. The van der Waals surface area contributed by atoms with E-state index >= 15 is 0 Å². The number of aliphatic hydroxyl groups is 1. The Balaban J connectivity index is 0.667. The van der Waals surface area contributed by atoms with Crippen molar-refractivity contribution in [3.05, 3.63) is 77.0 Å². The van der Waals surface area contributed by atoms with Gasteiger partial charge in [-0.25, -0.2) is 4.79 Å². The zero-order chi connectivity index (χ0) is 47.5. The van der Waals surface area contributed by atoms with Gasteiger partial charge in [-0.05, 0) is 130 Å². The smallest absolute Gasteiger partial charge is 0.318 e. The van der Waals surface area contributed by atoms with Crippen LogP contribution in [0.4, 0.5) is 4.79 Å². The normalized spacial score (nSPS) is 26.1. The fourth-order valence-electron chi connectivity index (χ4n) is 13.0. The molecule has 0 bridgehead atoms. The molecule has 3 saturated heterocycles. The predicted molar refractivity (Wildman–Crippen MR) is 261 cm³/mol. The fraction of sp³-hybridized carbons (Fsp3) is 0.574. The zero-order valence-corrected chi connectivity index (χ0v) is 40.2. The van der Waals surface area contributed by atoms with Crippen molar-refractivity contribution in [1.82, 2.24) is 45.4 Å². The summed E-state index contributed by atoms with van der Waals surface area (Å²) in [5.41, 5.74) is 5.99. The van der Waals surface area contributed by atoms with Gasteiger partial charge in [0.15, 0.2) is 5.65 Å².